The number of nitrogens with zero attached hydrogens (tertiary/aromatic N) is 1. The molecule has 1 aliphatic heterocycles. The third-order valence-corrected chi connectivity index (χ3v) is 4.37. The van der Waals surface area contributed by atoms with E-state index in [0.717, 1.165) is 6.42 Å². The lowest BCUT2D eigenvalue weighted by Gasteiger charge is -2.38. The number of rotatable bonds is 3. The average molecular weight is 279 g/mol. The van der Waals surface area contributed by atoms with E-state index in [2.05, 4.69) is 0 Å². The molecule has 0 aromatic carbocycles. The van der Waals surface area contributed by atoms with E-state index in [-0.39, 0.29) is 12.8 Å². The molecule has 3 atom stereocenters. The molecule has 112 valence electrons. The number of likely N-dealkylation sites (tertiary alicyclic amines) is 1. The average Bonchev–Trinajstić information content (AvgIpc) is 2.34. The smallest absolute Gasteiger partial charge is 0.248 e. The highest BCUT2D eigenvalue weighted by Crippen LogP contribution is 2.37. The van der Waals surface area contributed by atoms with Crippen molar-refractivity contribution in [3.63, 3.8) is 0 Å². The van der Waals surface area contributed by atoms with Crippen LogP contribution in [0.1, 0.15) is 32.1 Å². The van der Waals surface area contributed by atoms with Crippen LogP contribution in [0.15, 0.2) is 0 Å². The van der Waals surface area contributed by atoms with Crippen molar-refractivity contribution in [3.8, 4) is 0 Å². The molecule has 1 unspecified atom stereocenters. The zero-order chi connectivity index (χ0) is 14.0. The minimum absolute atomic E-state index is 0.0262. The second-order valence-corrected chi connectivity index (χ2v) is 5.97. The summed E-state index contributed by atoms with van der Waals surface area (Å²) in [6.07, 6.45) is -1.08. The number of aliphatic hydroxyl groups is 3. The SMILES string of the molecule is OC1[C@H](O)CN(CCC2CCC(F)(F)CC2)C[C@@H]1O. The van der Waals surface area contributed by atoms with Gasteiger partial charge in [0.15, 0.2) is 0 Å². The van der Waals surface area contributed by atoms with Gasteiger partial charge in [0.1, 0.15) is 6.10 Å². The number of piperidine rings is 1. The van der Waals surface area contributed by atoms with Crippen LogP contribution in [0.4, 0.5) is 8.78 Å². The van der Waals surface area contributed by atoms with Gasteiger partial charge in [0.25, 0.3) is 0 Å². The monoisotopic (exact) mass is 279 g/mol. The third-order valence-electron chi connectivity index (χ3n) is 4.37. The maximum Gasteiger partial charge on any atom is 0.248 e. The second kappa shape index (κ2) is 5.99. The first-order valence-electron chi connectivity index (χ1n) is 7.02. The summed E-state index contributed by atoms with van der Waals surface area (Å²) in [5.74, 6) is -2.18. The molecule has 0 radical (unpaired) electrons. The van der Waals surface area contributed by atoms with Gasteiger partial charge in [-0.15, -0.1) is 0 Å². The summed E-state index contributed by atoms with van der Waals surface area (Å²) in [5.41, 5.74) is 0. The Bertz CT molecular complexity index is 282. The summed E-state index contributed by atoms with van der Waals surface area (Å²) in [7, 11) is 0. The van der Waals surface area contributed by atoms with Crippen LogP contribution in [0.5, 0.6) is 0 Å². The topological polar surface area (TPSA) is 63.9 Å². The number of alkyl halides is 2. The molecule has 3 N–H and O–H groups in total. The van der Waals surface area contributed by atoms with Crippen LogP contribution >= 0.6 is 0 Å². The van der Waals surface area contributed by atoms with E-state index >= 15 is 0 Å². The van der Waals surface area contributed by atoms with Gasteiger partial charge in [0.2, 0.25) is 5.92 Å². The summed E-state index contributed by atoms with van der Waals surface area (Å²) >= 11 is 0. The fourth-order valence-electron chi connectivity index (χ4n) is 3.01. The van der Waals surface area contributed by atoms with Gasteiger partial charge < -0.3 is 15.3 Å². The fourth-order valence-corrected chi connectivity index (χ4v) is 3.01. The van der Waals surface area contributed by atoms with Crippen molar-refractivity contribution in [1.82, 2.24) is 4.90 Å². The molecule has 0 aromatic rings. The van der Waals surface area contributed by atoms with Crippen LogP contribution in [0.3, 0.4) is 0 Å². The van der Waals surface area contributed by atoms with Crippen molar-refractivity contribution >= 4 is 0 Å². The molecule has 4 nitrogen and oxygen atoms in total. The van der Waals surface area contributed by atoms with Crippen LogP contribution in [0, 0.1) is 5.92 Å². The molecule has 6 heteroatoms. The molecule has 1 saturated heterocycles. The van der Waals surface area contributed by atoms with Crippen LogP contribution in [0.2, 0.25) is 0 Å². The predicted molar refractivity (Wildman–Crippen MR) is 66.0 cm³/mol. The predicted octanol–water partition coefficient (Wildman–Crippen LogP) is 0.600. The van der Waals surface area contributed by atoms with Crippen LogP contribution < -0.4 is 0 Å². The number of β-amino-alcohol motifs (C(OH)–C–C–N with tert-alkyl or cyclic N) is 2. The molecule has 2 aliphatic rings. The summed E-state index contributed by atoms with van der Waals surface area (Å²) in [6.45, 7) is 1.35. The Morgan fingerprint density at radius 2 is 1.53 bits per heavy atom. The maximum atomic E-state index is 13.0. The quantitative estimate of drug-likeness (QED) is 0.708. The highest BCUT2D eigenvalue weighted by molar-refractivity contribution is 4.87. The summed E-state index contributed by atoms with van der Waals surface area (Å²) in [5, 5.41) is 28.6. The number of hydrogen-bond acceptors (Lipinski definition) is 4. The molecule has 2 fully saturated rings. The molecule has 0 amide bonds. The Balaban J connectivity index is 1.71. The van der Waals surface area contributed by atoms with E-state index in [4.69, 9.17) is 0 Å². The van der Waals surface area contributed by atoms with Crippen molar-refractivity contribution in [2.75, 3.05) is 19.6 Å². The van der Waals surface area contributed by atoms with Crippen molar-refractivity contribution in [3.05, 3.63) is 0 Å². The van der Waals surface area contributed by atoms with Crippen LogP contribution in [-0.4, -0.2) is 64.1 Å². The van der Waals surface area contributed by atoms with E-state index in [9.17, 15) is 24.1 Å². The number of hydrogen-bond donors (Lipinski definition) is 3. The van der Waals surface area contributed by atoms with Gasteiger partial charge in [-0.25, -0.2) is 8.78 Å². The van der Waals surface area contributed by atoms with Crippen molar-refractivity contribution in [2.24, 2.45) is 5.92 Å². The molecule has 0 aromatic heterocycles. The largest absolute Gasteiger partial charge is 0.389 e. The molecule has 0 bridgehead atoms. The molecular weight excluding hydrogens is 256 g/mol. The molecule has 19 heavy (non-hydrogen) atoms. The first-order chi connectivity index (χ1) is 8.87. The lowest BCUT2D eigenvalue weighted by molar-refractivity contribution is -0.111. The molecule has 1 saturated carbocycles. The summed E-state index contributed by atoms with van der Waals surface area (Å²) < 4.78 is 26.0. The van der Waals surface area contributed by atoms with Gasteiger partial charge in [-0.05, 0) is 31.7 Å². The first kappa shape index (κ1) is 15.1. The number of aliphatic hydroxyl groups excluding tert-OH is 3. The van der Waals surface area contributed by atoms with Gasteiger partial charge in [0.05, 0.1) is 12.2 Å². The Morgan fingerprint density at radius 3 is 2.05 bits per heavy atom. The van der Waals surface area contributed by atoms with Gasteiger partial charge in [-0.1, -0.05) is 0 Å². The van der Waals surface area contributed by atoms with Crippen molar-refractivity contribution < 1.29 is 24.1 Å². The van der Waals surface area contributed by atoms with Gasteiger partial charge in [-0.2, -0.15) is 0 Å². The lowest BCUT2D eigenvalue weighted by Crippen LogP contribution is -2.55. The van der Waals surface area contributed by atoms with Gasteiger partial charge >= 0.3 is 0 Å². The summed E-state index contributed by atoms with van der Waals surface area (Å²) in [6, 6.07) is 0. The number of halogens is 2. The van der Waals surface area contributed by atoms with Gasteiger partial charge in [0, 0.05) is 25.9 Å². The lowest BCUT2D eigenvalue weighted by atomic mass is 9.84. The van der Waals surface area contributed by atoms with Gasteiger partial charge in [-0.3, -0.25) is 4.90 Å². The maximum absolute atomic E-state index is 13.0. The minimum Gasteiger partial charge on any atom is -0.389 e. The molecule has 1 heterocycles. The van der Waals surface area contributed by atoms with E-state index < -0.39 is 24.2 Å². The zero-order valence-corrected chi connectivity index (χ0v) is 11.0. The van der Waals surface area contributed by atoms with Crippen molar-refractivity contribution in [2.45, 2.75) is 56.3 Å². The van der Waals surface area contributed by atoms with Crippen LogP contribution in [0.25, 0.3) is 0 Å². The standard InChI is InChI=1S/C13H23F2NO3/c14-13(15)4-1-9(2-5-13)3-6-16-7-10(17)12(19)11(18)8-16/h9-12,17-19H,1-8H2/t10-,11+,12?. The minimum atomic E-state index is -2.49. The Hall–Kier alpha value is -0.300. The summed E-state index contributed by atoms with van der Waals surface area (Å²) in [4.78, 5) is 1.90. The first-order valence-corrected chi connectivity index (χ1v) is 7.02. The molecule has 0 spiro atoms. The van der Waals surface area contributed by atoms with E-state index in [1.165, 1.54) is 0 Å². The highest BCUT2D eigenvalue weighted by Gasteiger charge is 2.36. The highest BCUT2D eigenvalue weighted by atomic mass is 19.3. The van der Waals surface area contributed by atoms with E-state index in [1.54, 1.807) is 0 Å². The second-order valence-electron chi connectivity index (χ2n) is 5.97. The fraction of sp³-hybridized carbons (Fsp3) is 1.00. The Kier molecular flexibility index (Phi) is 4.76. The molecule has 2 rings (SSSR count). The third kappa shape index (κ3) is 4.08. The van der Waals surface area contributed by atoms with E-state index in [1.807, 2.05) is 4.90 Å². The van der Waals surface area contributed by atoms with Crippen molar-refractivity contribution in [1.29, 1.82) is 0 Å². The zero-order valence-electron chi connectivity index (χ0n) is 11.0. The Morgan fingerprint density at radius 1 is 1.00 bits per heavy atom. The van der Waals surface area contributed by atoms with E-state index in [0.29, 0.717) is 38.4 Å². The Labute approximate surface area is 112 Å². The van der Waals surface area contributed by atoms with Crippen LogP contribution in [-0.2, 0) is 0 Å². The normalized spacial score (nSPS) is 37.4. The molecular formula is C13H23F2NO3. The molecule has 1 aliphatic carbocycles.